The van der Waals surface area contributed by atoms with Gasteiger partial charge in [0.2, 0.25) is 0 Å². The highest BCUT2D eigenvalue weighted by Gasteiger charge is 2.28. The molecule has 0 spiro atoms. The number of hydrogen-bond acceptors (Lipinski definition) is 3. The van der Waals surface area contributed by atoms with Crippen molar-refractivity contribution in [3.05, 3.63) is 0 Å². The van der Waals surface area contributed by atoms with Crippen LogP contribution in [0.5, 0.6) is 0 Å². The number of alkyl carbamates (subject to hydrolysis) is 1. The van der Waals surface area contributed by atoms with Crippen molar-refractivity contribution in [3.8, 4) is 0 Å². The molecular weight excluding hydrogens is 170 g/mol. The maximum atomic E-state index is 11.0. The van der Waals surface area contributed by atoms with E-state index in [1.807, 2.05) is 0 Å². The number of hydrogen-bond donors (Lipinski definition) is 1. The summed E-state index contributed by atoms with van der Waals surface area (Å²) in [4.78, 5) is 21.8. The van der Waals surface area contributed by atoms with Gasteiger partial charge in [0.15, 0.2) is 0 Å². The van der Waals surface area contributed by atoms with Gasteiger partial charge in [0.05, 0.1) is 7.11 Å². The molecule has 0 aromatic carbocycles. The molecule has 0 aliphatic heterocycles. The standard InChI is InChI=1S/C9H15NO3/c1-6(11)7-3-4-8(5-7)10-9(12)13-2/h7-8H,3-5H2,1-2H3,(H,10,12)/t7-,8+/m0/s1. The van der Waals surface area contributed by atoms with Crippen molar-refractivity contribution in [2.75, 3.05) is 7.11 Å². The summed E-state index contributed by atoms with van der Waals surface area (Å²) in [7, 11) is 1.34. The fraction of sp³-hybridized carbons (Fsp3) is 0.778. The third-order valence-corrected chi connectivity index (χ3v) is 2.51. The van der Waals surface area contributed by atoms with Crippen LogP contribution in [0.4, 0.5) is 4.79 Å². The Morgan fingerprint density at radius 3 is 2.54 bits per heavy atom. The molecule has 0 aromatic rings. The van der Waals surface area contributed by atoms with E-state index in [0.29, 0.717) is 0 Å². The quantitative estimate of drug-likeness (QED) is 0.700. The average Bonchev–Trinajstić information content (AvgIpc) is 2.52. The normalized spacial score (nSPS) is 26.9. The summed E-state index contributed by atoms with van der Waals surface area (Å²) in [5.41, 5.74) is 0. The molecule has 0 unspecified atom stereocenters. The molecule has 13 heavy (non-hydrogen) atoms. The Hall–Kier alpha value is -1.06. The number of Topliss-reactive ketones (excluding diaryl/α,β-unsaturated/α-hetero) is 1. The van der Waals surface area contributed by atoms with E-state index in [4.69, 9.17) is 0 Å². The first kappa shape index (κ1) is 10.0. The number of ether oxygens (including phenoxy) is 1. The molecule has 4 nitrogen and oxygen atoms in total. The fourth-order valence-electron chi connectivity index (χ4n) is 1.71. The zero-order chi connectivity index (χ0) is 9.84. The minimum Gasteiger partial charge on any atom is -0.453 e. The van der Waals surface area contributed by atoms with Crippen molar-refractivity contribution in [2.45, 2.75) is 32.2 Å². The molecule has 0 radical (unpaired) electrons. The lowest BCUT2D eigenvalue weighted by Gasteiger charge is -2.10. The van der Waals surface area contributed by atoms with E-state index in [1.54, 1.807) is 6.92 Å². The summed E-state index contributed by atoms with van der Waals surface area (Å²) in [6.07, 6.45) is 2.10. The van der Waals surface area contributed by atoms with Gasteiger partial charge in [0.25, 0.3) is 0 Å². The summed E-state index contributed by atoms with van der Waals surface area (Å²) in [6, 6.07) is 0.112. The SMILES string of the molecule is COC(=O)N[C@@H]1CC[C@H](C(C)=O)C1. The average molecular weight is 185 g/mol. The first-order valence-electron chi connectivity index (χ1n) is 4.48. The van der Waals surface area contributed by atoms with Crippen LogP contribution >= 0.6 is 0 Å². The van der Waals surface area contributed by atoms with Gasteiger partial charge >= 0.3 is 6.09 Å². The molecule has 1 aliphatic carbocycles. The molecule has 0 aromatic heterocycles. The number of rotatable bonds is 2. The minimum absolute atomic E-state index is 0.112. The summed E-state index contributed by atoms with van der Waals surface area (Å²) >= 11 is 0. The smallest absolute Gasteiger partial charge is 0.407 e. The van der Waals surface area contributed by atoms with Crippen molar-refractivity contribution in [3.63, 3.8) is 0 Å². The predicted molar refractivity (Wildman–Crippen MR) is 47.4 cm³/mol. The van der Waals surface area contributed by atoms with Crippen molar-refractivity contribution in [2.24, 2.45) is 5.92 Å². The Morgan fingerprint density at radius 1 is 1.38 bits per heavy atom. The Morgan fingerprint density at radius 2 is 2.08 bits per heavy atom. The van der Waals surface area contributed by atoms with Crippen LogP contribution in [0.3, 0.4) is 0 Å². The highest BCUT2D eigenvalue weighted by atomic mass is 16.5. The zero-order valence-corrected chi connectivity index (χ0v) is 8.00. The summed E-state index contributed by atoms with van der Waals surface area (Å²) < 4.78 is 4.47. The van der Waals surface area contributed by atoms with E-state index in [2.05, 4.69) is 10.1 Å². The molecule has 4 heteroatoms. The Balaban J connectivity index is 2.33. The van der Waals surface area contributed by atoms with Gasteiger partial charge in [-0.15, -0.1) is 0 Å². The topological polar surface area (TPSA) is 55.4 Å². The van der Waals surface area contributed by atoms with Gasteiger partial charge in [-0.1, -0.05) is 0 Å². The molecule has 1 aliphatic rings. The van der Waals surface area contributed by atoms with Crippen LogP contribution in [0.25, 0.3) is 0 Å². The van der Waals surface area contributed by atoms with Gasteiger partial charge in [0, 0.05) is 12.0 Å². The van der Waals surface area contributed by atoms with E-state index in [1.165, 1.54) is 7.11 Å². The first-order chi connectivity index (χ1) is 6.13. The van der Waals surface area contributed by atoms with Crippen molar-refractivity contribution in [1.82, 2.24) is 5.32 Å². The lowest BCUT2D eigenvalue weighted by atomic mass is 10.0. The highest BCUT2D eigenvalue weighted by Crippen LogP contribution is 2.26. The van der Waals surface area contributed by atoms with Crippen LogP contribution in [0.2, 0.25) is 0 Å². The molecule has 1 rings (SSSR count). The van der Waals surface area contributed by atoms with Gasteiger partial charge in [-0.25, -0.2) is 4.79 Å². The molecule has 1 fully saturated rings. The van der Waals surface area contributed by atoms with Crippen LogP contribution in [-0.4, -0.2) is 25.0 Å². The van der Waals surface area contributed by atoms with E-state index in [-0.39, 0.29) is 17.7 Å². The fourth-order valence-corrected chi connectivity index (χ4v) is 1.71. The molecule has 0 heterocycles. The van der Waals surface area contributed by atoms with E-state index < -0.39 is 6.09 Å². The predicted octanol–water partition coefficient (Wildman–Crippen LogP) is 1.10. The van der Waals surface area contributed by atoms with Gasteiger partial charge in [-0.05, 0) is 26.2 Å². The first-order valence-corrected chi connectivity index (χ1v) is 4.48. The van der Waals surface area contributed by atoms with Crippen molar-refractivity contribution >= 4 is 11.9 Å². The maximum Gasteiger partial charge on any atom is 0.407 e. The van der Waals surface area contributed by atoms with Crippen LogP contribution < -0.4 is 5.32 Å². The van der Waals surface area contributed by atoms with Gasteiger partial charge in [-0.3, -0.25) is 4.79 Å². The number of methoxy groups -OCH3 is 1. The van der Waals surface area contributed by atoms with Gasteiger partial charge < -0.3 is 10.1 Å². The number of ketones is 1. The van der Waals surface area contributed by atoms with Crippen LogP contribution in [0, 0.1) is 5.92 Å². The van der Waals surface area contributed by atoms with Crippen LogP contribution in [-0.2, 0) is 9.53 Å². The lowest BCUT2D eigenvalue weighted by Crippen LogP contribution is -2.32. The Bertz CT molecular complexity index is 215. The second-order valence-electron chi connectivity index (χ2n) is 3.45. The largest absolute Gasteiger partial charge is 0.453 e. The van der Waals surface area contributed by atoms with Crippen LogP contribution in [0.1, 0.15) is 26.2 Å². The molecule has 2 atom stereocenters. The molecular formula is C9H15NO3. The van der Waals surface area contributed by atoms with Crippen molar-refractivity contribution in [1.29, 1.82) is 0 Å². The van der Waals surface area contributed by atoms with Gasteiger partial charge in [-0.2, -0.15) is 0 Å². The second-order valence-corrected chi connectivity index (χ2v) is 3.45. The summed E-state index contributed by atoms with van der Waals surface area (Å²) in [5.74, 6) is 0.344. The van der Waals surface area contributed by atoms with Gasteiger partial charge in [0.1, 0.15) is 5.78 Å². The molecule has 1 N–H and O–H groups in total. The minimum atomic E-state index is -0.408. The summed E-state index contributed by atoms with van der Waals surface area (Å²) in [6.45, 7) is 1.60. The molecule has 0 bridgehead atoms. The molecule has 0 saturated heterocycles. The number of amides is 1. The molecule has 1 saturated carbocycles. The molecule has 74 valence electrons. The third kappa shape index (κ3) is 2.72. The summed E-state index contributed by atoms with van der Waals surface area (Å²) in [5, 5.41) is 2.70. The van der Waals surface area contributed by atoms with E-state index in [0.717, 1.165) is 19.3 Å². The highest BCUT2D eigenvalue weighted by molar-refractivity contribution is 5.78. The lowest BCUT2D eigenvalue weighted by molar-refractivity contribution is -0.120. The maximum absolute atomic E-state index is 11.0. The second kappa shape index (κ2) is 4.25. The third-order valence-electron chi connectivity index (χ3n) is 2.51. The van der Waals surface area contributed by atoms with E-state index in [9.17, 15) is 9.59 Å². The monoisotopic (exact) mass is 185 g/mol. The number of carbonyl (C=O) groups is 2. The number of carbonyl (C=O) groups excluding carboxylic acids is 2. The number of nitrogens with one attached hydrogen (secondary N) is 1. The van der Waals surface area contributed by atoms with Crippen molar-refractivity contribution < 1.29 is 14.3 Å². The Kier molecular flexibility index (Phi) is 3.28. The molecule has 1 amide bonds. The van der Waals surface area contributed by atoms with Crippen LogP contribution in [0.15, 0.2) is 0 Å². The zero-order valence-electron chi connectivity index (χ0n) is 8.00. The Labute approximate surface area is 77.6 Å². The van der Waals surface area contributed by atoms with E-state index >= 15 is 0 Å².